The van der Waals surface area contributed by atoms with Gasteiger partial charge < -0.3 is 14.8 Å². The minimum atomic E-state index is -0.147. The summed E-state index contributed by atoms with van der Waals surface area (Å²) in [5.74, 6) is 0.429. The molecule has 4 heteroatoms. The van der Waals surface area contributed by atoms with Crippen LogP contribution in [0.1, 0.15) is 19.4 Å². The third-order valence-corrected chi connectivity index (χ3v) is 2.12. The topological polar surface area (TPSA) is 47.6 Å². The smallest absolute Gasteiger partial charge is 0.221 e. The third-order valence-electron chi connectivity index (χ3n) is 2.12. The molecular weight excluding hydrogens is 218 g/mol. The minimum absolute atomic E-state index is 0.138. The van der Waals surface area contributed by atoms with Crippen molar-refractivity contribution in [3.63, 3.8) is 0 Å². The maximum Gasteiger partial charge on any atom is 0.221 e. The fraction of sp³-hybridized carbons (Fsp3) is 0.308. The summed E-state index contributed by atoms with van der Waals surface area (Å²) in [4.78, 5) is 11.1. The number of benzene rings is 1. The molecule has 0 saturated heterocycles. The van der Waals surface area contributed by atoms with E-state index in [1.54, 1.807) is 13.2 Å². The van der Waals surface area contributed by atoms with Gasteiger partial charge in [-0.15, -0.1) is 0 Å². The molecule has 92 valence electrons. The monoisotopic (exact) mass is 235 g/mol. The van der Waals surface area contributed by atoms with Gasteiger partial charge in [0, 0.05) is 14.0 Å². The molecular formula is C13H17NO3. The largest absolute Gasteiger partial charge is 0.465 e. The van der Waals surface area contributed by atoms with Crippen LogP contribution in [-0.2, 0) is 9.53 Å². The van der Waals surface area contributed by atoms with Crippen LogP contribution in [0.5, 0.6) is 5.75 Å². The second-order valence-electron chi connectivity index (χ2n) is 3.72. The van der Waals surface area contributed by atoms with Gasteiger partial charge in [-0.25, -0.2) is 0 Å². The summed E-state index contributed by atoms with van der Waals surface area (Å²) in [5.41, 5.74) is 2.50. The number of rotatable bonds is 5. The number of ether oxygens (including phenoxy) is 2. The Balaban J connectivity index is 3.02. The summed E-state index contributed by atoms with van der Waals surface area (Å²) >= 11 is 0. The van der Waals surface area contributed by atoms with Crippen LogP contribution in [0.15, 0.2) is 24.8 Å². The molecule has 0 aromatic heterocycles. The van der Waals surface area contributed by atoms with E-state index in [1.807, 2.05) is 19.1 Å². The molecule has 0 aliphatic heterocycles. The fourth-order valence-electron chi connectivity index (χ4n) is 1.33. The van der Waals surface area contributed by atoms with E-state index in [0.717, 1.165) is 11.1 Å². The van der Waals surface area contributed by atoms with Crippen LogP contribution in [-0.4, -0.2) is 19.8 Å². The molecule has 0 aliphatic rings. The number of anilines is 1. The molecule has 4 nitrogen and oxygen atoms in total. The number of nitrogens with one attached hydrogen (secondary N) is 1. The maximum atomic E-state index is 11.1. The molecule has 0 aliphatic carbocycles. The lowest BCUT2D eigenvalue weighted by Crippen LogP contribution is -2.09. The van der Waals surface area contributed by atoms with Crippen molar-refractivity contribution in [3.05, 3.63) is 30.3 Å². The van der Waals surface area contributed by atoms with Gasteiger partial charge in [-0.2, -0.15) is 0 Å². The van der Waals surface area contributed by atoms with Crippen molar-refractivity contribution in [3.8, 4) is 5.75 Å². The predicted molar refractivity (Wildman–Crippen MR) is 68.0 cm³/mol. The number of hydrogen-bond acceptors (Lipinski definition) is 3. The lowest BCUT2D eigenvalue weighted by atomic mass is 10.1. The predicted octanol–water partition coefficient (Wildman–Crippen LogP) is 2.66. The quantitative estimate of drug-likeness (QED) is 0.798. The lowest BCUT2D eigenvalue weighted by Gasteiger charge is -2.12. The molecule has 0 fully saturated rings. The van der Waals surface area contributed by atoms with Crippen molar-refractivity contribution in [1.82, 2.24) is 0 Å². The molecule has 1 aromatic carbocycles. The first-order valence-corrected chi connectivity index (χ1v) is 5.24. The van der Waals surface area contributed by atoms with Gasteiger partial charge in [-0.05, 0) is 24.6 Å². The van der Waals surface area contributed by atoms with Crippen LogP contribution in [0.25, 0.3) is 5.57 Å². The van der Waals surface area contributed by atoms with Gasteiger partial charge in [-0.1, -0.05) is 18.2 Å². The molecule has 1 amide bonds. The zero-order valence-electron chi connectivity index (χ0n) is 10.4. The summed E-state index contributed by atoms with van der Waals surface area (Å²) in [7, 11) is 1.54. The van der Waals surface area contributed by atoms with Gasteiger partial charge in [-0.3, -0.25) is 4.79 Å². The van der Waals surface area contributed by atoms with E-state index in [9.17, 15) is 4.79 Å². The van der Waals surface area contributed by atoms with Crippen LogP contribution in [0.4, 0.5) is 5.69 Å². The van der Waals surface area contributed by atoms with Crippen LogP contribution in [0.2, 0.25) is 0 Å². The normalized spacial score (nSPS) is 9.82. The van der Waals surface area contributed by atoms with Crippen LogP contribution in [0, 0.1) is 0 Å². The Bertz CT molecular complexity index is 427. The summed E-state index contributed by atoms with van der Waals surface area (Å²) in [6.45, 7) is 7.35. The van der Waals surface area contributed by atoms with Gasteiger partial charge >= 0.3 is 0 Å². The number of carbonyl (C=O) groups excluding carboxylic acids is 1. The minimum Gasteiger partial charge on any atom is -0.465 e. The van der Waals surface area contributed by atoms with E-state index in [2.05, 4.69) is 11.9 Å². The van der Waals surface area contributed by atoms with Crippen molar-refractivity contribution in [2.24, 2.45) is 0 Å². The Morgan fingerprint density at radius 3 is 2.65 bits per heavy atom. The van der Waals surface area contributed by atoms with E-state index in [1.165, 1.54) is 6.92 Å². The van der Waals surface area contributed by atoms with Crippen molar-refractivity contribution >= 4 is 17.2 Å². The van der Waals surface area contributed by atoms with Gasteiger partial charge in [0.25, 0.3) is 0 Å². The SMILES string of the molecule is C=C(C)c1ccc(OCOC)c(NC(C)=O)c1. The van der Waals surface area contributed by atoms with E-state index < -0.39 is 0 Å². The second kappa shape index (κ2) is 6.06. The Hall–Kier alpha value is -1.81. The fourth-order valence-corrected chi connectivity index (χ4v) is 1.33. The molecule has 1 aromatic rings. The maximum absolute atomic E-state index is 11.1. The summed E-state index contributed by atoms with van der Waals surface area (Å²) < 4.78 is 10.2. The van der Waals surface area contributed by atoms with Gasteiger partial charge in [0.15, 0.2) is 6.79 Å². The van der Waals surface area contributed by atoms with E-state index in [0.29, 0.717) is 11.4 Å². The first-order valence-electron chi connectivity index (χ1n) is 5.24. The molecule has 0 radical (unpaired) electrons. The Morgan fingerprint density at radius 2 is 2.12 bits per heavy atom. The third kappa shape index (κ3) is 3.92. The highest BCUT2D eigenvalue weighted by molar-refractivity contribution is 5.91. The Labute approximate surface area is 101 Å². The van der Waals surface area contributed by atoms with Gasteiger partial charge in [0.05, 0.1) is 5.69 Å². The Morgan fingerprint density at radius 1 is 1.41 bits per heavy atom. The van der Waals surface area contributed by atoms with Crippen LogP contribution >= 0.6 is 0 Å². The van der Waals surface area contributed by atoms with E-state index in [-0.39, 0.29) is 12.7 Å². The number of carbonyl (C=O) groups is 1. The molecule has 0 atom stereocenters. The molecule has 0 spiro atoms. The van der Waals surface area contributed by atoms with Crippen LogP contribution in [0.3, 0.4) is 0 Å². The summed E-state index contributed by atoms with van der Waals surface area (Å²) in [6, 6.07) is 5.50. The molecule has 1 rings (SSSR count). The van der Waals surface area contributed by atoms with E-state index in [4.69, 9.17) is 9.47 Å². The zero-order valence-corrected chi connectivity index (χ0v) is 10.4. The van der Waals surface area contributed by atoms with Crippen molar-refractivity contribution in [1.29, 1.82) is 0 Å². The standard InChI is InChI=1S/C13H17NO3/c1-9(2)11-5-6-13(17-8-16-4)12(7-11)14-10(3)15/h5-7H,1,8H2,2-4H3,(H,14,15). The zero-order chi connectivity index (χ0) is 12.8. The van der Waals surface area contributed by atoms with E-state index >= 15 is 0 Å². The number of methoxy groups -OCH3 is 1. The molecule has 0 bridgehead atoms. The van der Waals surface area contributed by atoms with Crippen molar-refractivity contribution < 1.29 is 14.3 Å². The number of hydrogen-bond donors (Lipinski definition) is 1. The van der Waals surface area contributed by atoms with Gasteiger partial charge in [0.1, 0.15) is 5.75 Å². The average Bonchev–Trinajstić information content (AvgIpc) is 2.26. The van der Waals surface area contributed by atoms with Crippen molar-refractivity contribution in [2.45, 2.75) is 13.8 Å². The highest BCUT2D eigenvalue weighted by atomic mass is 16.7. The molecule has 0 saturated carbocycles. The van der Waals surface area contributed by atoms with Gasteiger partial charge in [0.2, 0.25) is 5.91 Å². The second-order valence-corrected chi connectivity index (χ2v) is 3.72. The van der Waals surface area contributed by atoms with Crippen molar-refractivity contribution in [2.75, 3.05) is 19.2 Å². The molecule has 1 N–H and O–H groups in total. The first kappa shape index (κ1) is 13.3. The number of allylic oxidation sites excluding steroid dienone is 1. The molecule has 0 unspecified atom stereocenters. The Kier molecular flexibility index (Phi) is 4.72. The first-order chi connectivity index (χ1) is 8.04. The molecule has 0 heterocycles. The average molecular weight is 235 g/mol. The summed E-state index contributed by atoms with van der Waals surface area (Å²) in [5, 5.41) is 2.72. The molecule has 17 heavy (non-hydrogen) atoms. The highest BCUT2D eigenvalue weighted by Gasteiger charge is 2.07. The summed E-state index contributed by atoms with van der Waals surface area (Å²) in [6.07, 6.45) is 0. The lowest BCUT2D eigenvalue weighted by molar-refractivity contribution is -0.114. The highest BCUT2D eigenvalue weighted by Crippen LogP contribution is 2.28. The number of amides is 1. The van der Waals surface area contributed by atoms with Crippen LogP contribution < -0.4 is 10.1 Å².